The van der Waals surface area contributed by atoms with Crippen LogP contribution in [-0.4, -0.2) is 66.0 Å². The van der Waals surface area contributed by atoms with Crippen molar-refractivity contribution < 1.29 is 23.8 Å². The first kappa shape index (κ1) is 25.3. The molecule has 0 radical (unpaired) electrons. The summed E-state index contributed by atoms with van der Waals surface area (Å²) in [5.74, 6) is -0.714. The molecule has 2 bridgehead atoms. The summed E-state index contributed by atoms with van der Waals surface area (Å²) in [7, 11) is 1.84. The number of fused-ring (bicyclic) bond motifs is 5. The number of nitrogens with zero attached hydrogens (tertiary/aromatic N) is 2. The molecule has 3 aromatic rings. The number of hydrazine groups is 1. The molecule has 0 saturated carbocycles. The van der Waals surface area contributed by atoms with Crippen molar-refractivity contribution in [3.63, 3.8) is 0 Å². The number of carbonyl (C=O) groups is 2. The molecule has 0 aromatic heterocycles. The molecule has 0 spiro atoms. The van der Waals surface area contributed by atoms with Crippen LogP contribution in [0.3, 0.4) is 0 Å². The Hall–Kier alpha value is -3.96. The summed E-state index contributed by atoms with van der Waals surface area (Å²) in [4.78, 5) is 25.7. The summed E-state index contributed by atoms with van der Waals surface area (Å²) in [6.45, 7) is 4.25. The Morgan fingerprint density at radius 1 is 0.769 bits per heavy atom. The average Bonchev–Trinajstić information content (AvgIpc) is 3.37. The van der Waals surface area contributed by atoms with Crippen molar-refractivity contribution in [2.75, 3.05) is 29.5 Å². The van der Waals surface area contributed by atoms with Crippen LogP contribution < -0.4 is 16.0 Å². The second-order valence-corrected chi connectivity index (χ2v) is 10.3. The van der Waals surface area contributed by atoms with Crippen LogP contribution in [0.1, 0.15) is 13.8 Å². The third-order valence-corrected chi connectivity index (χ3v) is 7.03. The molecule has 3 aromatic carbocycles. The third-order valence-electron chi connectivity index (χ3n) is 7.03. The largest absolute Gasteiger partial charge is 0.346 e. The number of nitrogens with one attached hydrogen (secondary N) is 3. The zero-order valence-electron chi connectivity index (χ0n) is 22.0. The maximum absolute atomic E-state index is 13.2. The van der Waals surface area contributed by atoms with E-state index in [4.69, 9.17) is 14.2 Å². The van der Waals surface area contributed by atoms with Crippen LogP contribution in [0.25, 0.3) is 11.1 Å². The lowest BCUT2D eigenvalue weighted by Gasteiger charge is -2.42. The molecule has 0 unspecified atom stereocenters. The molecule has 4 amide bonds. The summed E-state index contributed by atoms with van der Waals surface area (Å²) in [5.41, 5.74) is 4.03. The van der Waals surface area contributed by atoms with Gasteiger partial charge in [0, 0.05) is 30.7 Å². The molecule has 202 valence electrons. The van der Waals surface area contributed by atoms with Crippen molar-refractivity contribution in [1.82, 2.24) is 10.0 Å². The van der Waals surface area contributed by atoms with Gasteiger partial charge in [0.25, 0.3) is 0 Å². The molecule has 10 nitrogen and oxygen atoms in total. The van der Waals surface area contributed by atoms with Crippen molar-refractivity contribution in [3.8, 4) is 11.1 Å². The molecule has 3 aliphatic heterocycles. The van der Waals surface area contributed by atoms with Crippen LogP contribution in [0.5, 0.6) is 0 Å². The second-order valence-electron chi connectivity index (χ2n) is 10.3. The highest BCUT2D eigenvalue weighted by Crippen LogP contribution is 2.42. The summed E-state index contributed by atoms with van der Waals surface area (Å²) < 4.78 is 18.1. The molecule has 10 heteroatoms. The number of rotatable bonds is 4. The zero-order chi connectivity index (χ0) is 27.1. The van der Waals surface area contributed by atoms with Gasteiger partial charge in [-0.05, 0) is 61.4 Å². The van der Waals surface area contributed by atoms with Gasteiger partial charge in [-0.3, -0.25) is 0 Å². The van der Waals surface area contributed by atoms with Gasteiger partial charge in [-0.25, -0.2) is 19.6 Å². The normalized spacial score (nSPS) is 25.2. The van der Waals surface area contributed by atoms with E-state index in [1.165, 1.54) is 5.01 Å². The first-order chi connectivity index (χ1) is 18.8. The van der Waals surface area contributed by atoms with Gasteiger partial charge in [0.1, 0.15) is 18.3 Å². The van der Waals surface area contributed by atoms with E-state index in [1.807, 2.05) is 80.5 Å². The minimum atomic E-state index is -0.714. The number of likely N-dealkylation sites (N-methyl/N-ethyl adjacent to an activating group) is 1. The Morgan fingerprint density at radius 2 is 1.31 bits per heavy atom. The highest BCUT2D eigenvalue weighted by molar-refractivity contribution is 6.00. The number of carbonyl (C=O) groups excluding carboxylic acids is 2. The predicted octanol–water partition coefficient (Wildman–Crippen LogP) is 4.94. The van der Waals surface area contributed by atoms with Gasteiger partial charge in [-0.2, -0.15) is 0 Å². The number of hydrogen-bond acceptors (Lipinski definition) is 6. The van der Waals surface area contributed by atoms with E-state index in [0.717, 1.165) is 11.1 Å². The van der Waals surface area contributed by atoms with Crippen molar-refractivity contribution in [3.05, 3.63) is 78.9 Å². The topological polar surface area (TPSA) is 104 Å². The lowest BCUT2D eigenvalue weighted by atomic mass is 10.1. The van der Waals surface area contributed by atoms with Gasteiger partial charge < -0.3 is 30.2 Å². The average molecular weight is 530 g/mol. The molecule has 3 fully saturated rings. The summed E-state index contributed by atoms with van der Waals surface area (Å²) >= 11 is 0. The summed E-state index contributed by atoms with van der Waals surface area (Å²) in [5, 5.41) is 11.9. The highest BCUT2D eigenvalue weighted by Gasteiger charge is 2.61. The lowest BCUT2D eigenvalue weighted by Crippen LogP contribution is -2.59. The van der Waals surface area contributed by atoms with E-state index in [1.54, 1.807) is 24.3 Å². The van der Waals surface area contributed by atoms with Crippen molar-refractivity contribution in [2.45, 2.75) is 44.2 Å². The fraction of sp³-hybridized carbons (Fsp3) is 0.310. The number of ether oxygens (including phenoxy) is 3. The van der Waals surface area contributed by atoms with Crippen LogP contribution in [0, 0.1) is 0 Å². The number of benzene rings is 3. The van der Waals surface area contributed by atoms with Gasteiger partial charge in [0.2, 0.25) is 0 Å². The standard InChI is InChI=1S/C29H31N5O5/c1-29(2)38-24-23-17-33(3)34(26(37-23)25(24)39-29)28(36)32-22-15-13-21(14-16-22)31-27(35)30-20-11-9-19(10-12-20)18-7-5-4-6-8-18/h4-16,23-26H,17H2,1-3H3,(H,32,36)(H2,30,31,35)/t23-,24-,25-,26-/m1/s1. The van der Waals surface area contributed by atoms with Crippen molar-refractivity contribution in [1.29, 1.82) is 0 Å². The molecule has 39 heavy (non-hydrogen) atoms. The Balaban J connectivity index is 1.04. The minimum Gasteiger partial charge on any atom is -0.346 e. The van der Waals surface area contributed by atoms with Crippen molar-refractivity contribution in [2.24, 2.45) is 0 Å². The molecule has 3 saturated heterocycles. The van der Waals surface area contributed by atoms with Crippen LogP contribution in [0.2, 0.25) is 0 Å². The van der Waals surface area contributed by atoms with Gasteiger partial charge in [-0.15, -0.1) is 0 Å². The first-order valence-corrected chi connectivity index (χ1v) is 12.9. The molecule has 0 aliphatic carbocycles. The van der Waals surface area contributed by atoms with Crippen LogP contribution >= 0.6 is 0 Å². The smallest absolute Gasteiger partial charge is 0.338 e. The monoisotopic (exact) mass is 529 g/mol. The predicted molar refractivity (Wildman–Crippen MR) is 147 cm³/mol. The quantitative estimate of drug-likeness (QED) is 0.443. The molecule has 4 atom stereocenters. The van der Waals surface area contributed by atoms with Gasteiger partial charge in [0.05, 0.1) is 0 Å². The van der Waals surface area contributed by atoms with E-state index in [0.29, 0.717) is 23.6 Å². The Kier molecular flexibility index (Phi) is 6.48. The van der Waals surface area contributed by atoms with Crippen LogP contribution in [0.15, 0.2) is 78.9 Å². The number of amides is 4. The number of anilines is 3. The van der Waals surface area contributed by atoms with E-state index in [-0.39, 0.29) is 30.4 Å². The highest BCUT2D eigenvalue weighted by atomic mass is 16.8. The number of urea groups is 2. The van der Waals surface area contributed by atoms with Crippen LogP contribution in [-0.2, 0) is 14.2 Å². The maximum atomic E-state index is 13.2. The minimum absolute atomic E-state index is 0.158. The van der Waals surface area contributed by atoms with Gasteiger partial charge in [0.15, 0.2) is 12.0 Å². The maximum Gasteiger partial charge on any atom is 0.338 e. The molecule has 3 N–H and O–H groups in total. The Bertz CT molecular complexity index is 1350. The molecule has 3 heterocycles. The zero-order valence-corrected chi connectivity index (χ0v) is 22.0. The van der Waals surface area contributed by atoms with Crippen molar-refractivity contribution >= 4 is 29.1 Å². The van der Waals surface area contributed by atoms with Gasteiger partial charge in [-0.1, -0.05) is 42.5 Å². The Labute approximate surface area is 226 Å². The molecular weight excluding hydrogens is 498 g/mol. The molecular formula is C29H31N5O5. The second kappa shape index (κ2) is 9.97. The molecule has 6 rings (SSSR count). The van der Waals surface area contributed by atoms with E-state index in [2.05, 4.69) is 16.0 Å². The van der Waals surface area contributed by atoms with Crippen LogP contribution in [0.4, 0.5) is 26.7 Å². The summed E-state index contributed by atoms with van der Waals surface area (Å²) in [6, 6.07) is 23.9. The summed E-state index contributed by atoms with van der Waals surface area (Å²) in [6.07, 6.45) is -1.31. The SMILES string of the molecule is CN1C[C@H]2O[C@H]([C@@H]3OC(C)(C)O[C@@H]32)N1C(=O)Nc1ccc(NC(=O)Nc2ccc(-c3ccccc3)cc2)cc1. The lowest BCUT2D eigenvalue weighted by molar-refractivity contribution is -0.247. The molecule has 3 aliphatic rings. The first-order valence-electron chi connectivity index (χ1n) is 12.9. The van der Waals surface area contributed by atoms with E-state index in [9.17, 15) is 9.59 Å². The third kappa shape index (κ3) is 5.19. The fourth-order valence-electron chi connectivity index (χ4n) is 5.30. The van der Waals surface area contributed by atoms with Gasteiger partial charge >= 0.3 is 12.1 Å². The van der Waals surface area contributed by atoms with E-state index < -0.39 is 12.0 Å². The Morgan fingerprint density at radius 3 is 1.95 bits per heavy atom. The fourth-order valence-corrected chi connectivity index (χ4v) is 5.30. The number of hydrogen-bond donors (Lipinski definition) is 3. The van der Waals surface area contributed by atoms with E-state index >= 15 is 0 Å².